The molecule has 0 aliphatic heterocycles. The van der Waals surface area contributed by atoms with Crippen LogP contribution in [0.15, 0.2) is 48.5 Å². The number of nitro groups is 1. The van der Waals surface area contributed by atoms with Crippen LogP contribution in [0.3, 0.4) is 0 Å². The number of hydrogen-bond acceptors (Lipinski definition) is 5. The van der Waals surface area contributed by atoms with Crippen molar-refractivity contribution in [1.29, 1.82) is 0 Å². The minimum atomic E-state index is -3.87. The number of sulfonamides is 1. The van der Waals surface area contributed by atoms with Gasteiger partial charge in [-0.3, -0.25) is 19.2 Å². The molecule has 0 aromatic heterocycles. The topological polar surface area (TPSA) is 110 Å². The second-order valence-electron chi connectivity index (χ2n) is 5.51. The van der Waals surface area contributed by atoms with Gasteiger partial charge in [0.25, 0.3) is 5.69 Å². The van der Waals surface area contributed by atoms with E-state index in [4.69, 9.17) is 11.6 Å². The second-order valence-corrected chi connectivity index (χ2v) is 7.80. The van der Waals surface area contributed by atoms with Gasteiger partial charge in [-0.1, -0.05) is 17.7 Å². The lowest BCUT2D eigenvalue weighted by Gasteiger charge is -2.28. The molecule has 8 nitrogen and oxygen atoms in total. The Bertz CT molecular complexity index is 931. The number of nitrogens with one attached hydrogen (secondary N) is 1. The van der Waals surface area contributed by atoms with Gasteiger partial charge in [-0.25, -0.2) is 8.42 Å². The maximum absolute atomic E-state index is 12.5. The van der Waals surface area contributed by atoms with E-state index in [1.807, 2.05) is 0 Å². The van der Waals surface area contributed by atoms with Gasteiger partial charge in [-0.05, 0) is 37.3 Å². The van der Waals surface area contributed by atoms with Gasteiger partial charge in [0.15, 0.2) is 0 Å². The molecule has 138 valence electrons. The van der Waals surface area contributed by atoms with Crippen molar-refractivity contribution in [3.63, 3.8) is 0 Å². The third kappa shape index (κ3) is 4.70. The van der Waals surface area contributed by atoms with Crippen molar-refractivity contribution in [2.45, 2.75) is 13.0 Å². The number of anilines is 2. The number of carbonyl (C=O) groups is 1. The van der Waals surface area contributed by atoms with Crippen molar-refractivity contribution < 1.29 is 18.1 Å². The number of carbonyl (C=O) groups excluding carboxylic acids is 1. The second kappa shape index (κ2) is 7.71. The summed E-state index contributed by atoms with van der Waals surface area (Å²) in [4.78, 5) is 22.8. The van der Waals surface area contributed by atoms with Crippen molar-refractivity contribution in [3.05, 3.63) is 63.7 Å². The molecule has 1 amide bonds. The lowest BCUT2D eigenvalue weighted by Crippen LogP contribution is -2.45. The Morgan fingerprint density at radius 3 is 2.38 bits per heavy atom. The van der Waals surface area contributed by atoms with E-state index in [1.54, 1.807) is 24.3 Å². The van der Waals surface area contributed by atoms with Gasteiger partial charge in [0.2, 0.25) is 15.9 Å². The molecule has 0 bridgehead atoms. The Morgan fingerprint density at radius 1 is 1.23 bits per heavy atom. The van der Waals surface area contributed by atoms with Crippen molar-refractivity contribution in [3.8, 4) is 0 Å². The van der Waals surface area contributed by atoms with Crippen LogP contribution in [-0.4, -0.2) is 31.5 Å². The van der Waals surface area contributed by atoms with Crippen molar-refractivity contribution >= 4 is 44.6 Å². The van der Waals surface area contributed by atoms with Crippen LogP contribution in [0.25, 0.3) is 0 Å². The normalized spacial score (nSPS) is 12.3. The molecule has 0 radical (unpaired) electrons. The SMILES string of the molecule is C[C@@H](C(=O)Nc1ccc(Cl)cc1)N(c1cccc([N+](=O)[O-])c1)S(C)(=O)=O. The Morgan fingerprint density at radius 2 is 1.85 bits per heavy atom. The largest absolute Gasteiger partial charge is 0.324 e. The number of nitro benzene ring substituents is 1. The lowest BCUT2D eigenvalue weighted by atomic mass is 10.2. The molecule has 0 unspecified atom stereocenters. The third-order valence-electron chi connectivity index (χ3n) is 3.50. The van der Waals surface area contributed by atoms with E-state index < -0.39 is 26.9 Å². The molecule has 1 N–H and O–H groups in total. The van der Waals surface area contributed by atoms with Crippen LogP contribution in [0.2, 0.25) is 5.02 Å². The molecule has 0 heterocycles. The number of amides is 1. The average molecular weight is 398 g/mol. The number of rotatable bonds is 6. The van der Waals surface area contributed by atoms with Crippen LogP contribution in [-0.2, 0) is 14.8 Å². The first-order valence-corrected chi connectivity index (χ1v) is 9.62. The summed E-state index contributed by atoms with van der Waals surface area (Å²) in [5, 5.41) is 14.0. The van der Waals surface area contributed by atoms with E-state index in [9.17, 15) is 23.3 Å². The Kier molecular flexibility index (Phi) is 5.83. The molecule has 0 fully saturated rings. The molecule has 0 spiro atoms. The van der Waals surface area contributed by atoms with E-state index in [0.29, 0.717) is 10.7 Å². The minimum Gasteiger partial charge on any atom is -0.324 e. The molecule has 0 aliphatic carbocycles. The van der Waals surface area contributed by atoms with Crippen molar-refractivity contribution in [2.24, 2.45) is 0 Å². The fourth-order valence-electron chi connectivity index (χ4n) is 2.33. The maximum atomic E-state index is 12.5. The molecule has 2 rings (SSSR count). The summed E-state index contributed by atoms with van der Waals surface area (Å²) in [7, 11) is -3.87. The lowest BCUT2D eigenvalue weighted by molar-refractivity contribution is -0.384. The van der Waals surface area contributed by atoms with Crippen LogP contribution >= 0.6 is 11.6 Å². The van der Waals surface area contributed by atoms with Crippen LogP contribution in [0, 0.1) is 10.1 Å². The van der Waals surface area contributed by atoms with Gasteiger partial charge >= 0.3 is 0 Å². The standard InChI is InChI=1S/C16H16ClN3O5S/c1-11(16(21)18-13-8-6-12(17)7-9-13)19(26(2,24)25)14-4-3-5-15(10-14)20(22)23/h3-11H,1-2H3,(H,18,21)/t11-/m0/s1. The molecule has 0 saturated carbocycles. The number of halogens is 1. The molecule has 2 aromatic carbocycles. The third-order valence-corrected chi connectivity index (χ3v) is 4.99. The highest BCUT2D eigenvalue weighted by Gasteiger charge is 2.30. The van der Waals surface area contributed by atoms with Crippen molar-refractivity contribution in [2.75, 3.05) is 15.9 Å². The molecular weight excluding hydrogens is 382 g/mol. The highest BCUT2D eigenvalue weighted by atomic mass is 35.5. The zero-order valence-corrected chi connectivity index (χ0v) is 15.5. The molecule has 0 saturated heterocycles. The summed E-state index contributed by atoms with van der Waals surface area (Å²) in [6.07, 6.45) is 0.928. The maximum Gasteiger partial charge on any atom is 0.271 e. The smallest absolute Gasteiger partial charge is 0.271 e. The number of non-ortho nitro benzene ring substituents is 1. The zero-order chi connectivity index (χ0) is 19.5. The highest BCUT2D eigenvalue weighted by molar-refractivity contribution is 7.92. The van der Waals surface area contributed by atoms with E-state index in [2.05, 4.69) is 5.32 Å². The van der Waals surface area contributed by atoms with Crippen LogP contribution in [0.5, 0.6) is 0 Å². The van der Waals surface area contributed by atoms with Gasteiger partial charge in [0, 0.05) is 22.8 Å². The summed E-state index contributed by atoms with van der Waals surface area (Å²) < 4.78 is 25.3. The first-order chi connectivity index (χ1) is 12.1. The Balaban J connectivity index is 2.34. The van der Waals surface area contributed by atoms with Gasteiger partial charge < -0.3 is 5.32 Å². The fraction of sp³-hybridized carbons (Fsp3) is 0.188. The van der Waals surface area contributed by atoms with E-state index in [0.717, 1.165) is 16.6 Å². The highest BCUT2D eigenvalue weighted by Crippen LogP contribution is 2.26. The van der Waals surface area contributed by atoms with Crippen LogP contribution in [0.1, 0.15) is 6.92 Å². The van der Waals surface area contributed by atoms with Crippen molar-refractivity contribution in [1.82, 2.24) is 0 Å². The molecule has 0 aliphatic rings. The van der Waals surface area contributed by atoms with Crippen LogP contribution in [0.4, 0.5) is 17.1 Å². The minimum absolute atomic E-state index is 0.0282. The summed E-state index contributed by atoms with van der Waals surface area (Å²) in [6.45, 7) is 1.39. The van der Waals surface area contributed by atoms with Gasteiger partial charge in [-0.2, -0.15) is 0 Å². The van der Waals surface area contributed by atoms with Gasteiger partial charge in [-0.15, -0.1) is 0 Å². The van der Waals surface area contributed by atoms with E-state index in [-0.39, 0.29) is 11.4 Å². The Labute approximate surface area is 155 Å². The summed E-state index contributed by atoms with van der Waals surface area (Å²) in [6, 6.07) is 10.3. The first kappa shape index (κ1) is 19.7. The van der Waals surface area contributed by atoms with Crippen LogP contribution < -0.4 is 9.62 Å². The molecule has 10 heteroatoms. The fourth-order valence-corrected chi connectivity index (χ4v) is 3.63. The molecule has 1 atom stereocenters. The Hall–Kier alpha value is -2.65. The predicted octanol–water partition coefficient (Wildman–Crippen LogP) is 3.04. The first-order valence-electron chi connectivity index (χ1n) is 7.40. The zero-order valence-electron chi connectivity index (χ0n) is 13.9. The summed E-state index contributed by atoms with van der Waals surface area (Å²) in [5.74, 6) is -0.593. The molecule has 26 heavy (non-hydrogen) atoms. The van der Waals surface area contributed by atoms with E-state index >= 15 is 0 Å². The predicted molar refractivity (Wildman–Crippen MR) is 100.0 cm³/mol. The molecule has 2 aromatic rings. The van der Waals surface area contributed by atoms with Gasteiger partial charge in [0.05, 0.1) is 16.9 Å². The number of benzene rings is 2. The quantitative estimate of drug-likeness (QED) is 0.595. The van der Waals surface area contributed by atoms with E-state index in [1.165, 1.54) is 25.1 Å². The average Bonchev–Trinajstić information content (AvgIpc) is 2.56. The monoisotopic (exact) mass is 397 g/mol. The molecular formula is C16H16ClN3O5S. The summed E-state index contributed by atoms with van der Waals surface area (Å²) in [5.41, 5.74) is 0.195. The number of nitrogens with zero attached hydrogens (tertiary/aromatic N) is 2. The summed E-state index contributed by atoms with van der Waals surface area (Å²) >= 11 is 5.79. The van der Waals surface area contributed by atoms with Gasteiger partial charge in [0.1, 0.15) is 6.04 Å². The number of hydrogen-bond donors (Lipinski definition) is 1.